The lowest BCUT2D eigenvalue weighted by Gasteiger charge is -2.16. The molecule has 20 heavy (non-hydrogen) atoms. The summed E-state index contributed by atoms with van der Waals surface area (Å²) in [6.07, 6.45) is 2.34. The third-order valence-electron chi connectivity index (χ3n) is 3.00. The van der Waals surface area contributed by atoms with Crippen molar-refractivity contribution in [2.24, 2.45) is 0 Å². The van der Waals surface area contributed by atoms with E-state index >= 15 is 0 Å². The number of benzene rings is 1. The fourth-order valence-electron chi connectivity index (χ4n) is 1.73. The van der Waals surface area contributed by atoms with E-state index in [1.165, 1.54) is 4.90 Å². The second-order valence-electron chi connectivity index (χ2n) is 4.83. The number of carbonyl (C=O) groups is 2. The highest BCUT2D eigenvalue weighted by Gasteiger charge is 2.18. The first-order chi connectivity index (χ1) is 9.54. The first-order valence-electron chi connectivity index (χ1n) is 6.78. The quantitative estimate of drug-likeness (QED) is 0.613. The maximum absolute atomic E-state index is 11.8. The molecule has 0 saturated heterocycles. The molecule has 0 spiro atoms. The number of carbonyl (C=O) groups excluding carboxylic acids is 2. The first-order valence-corrected chi connectivity index (χ1v) is 6.78. The molecule has 2 amide bonds. The van der Waals surface area contributed by atoms with Gasteiger partial charge >= 0.3 is 11.8 Å². The van der Waals surface area contributed by atoms with Crippen molar-refractivity contribution in [3.63, 3.8) is 0 Å². The van der Waals surface area contributed by atoms with Gasteiger partial charge < -0.3 is 15.3 Å². The molecule has 1 rings (SSSR count). The molecular formula is C15H22N2O3. The van der Waals surface area contributed by atoms with Crippen LogP contribution in [0.2, 0.25) is 0 Å². The third kappa shape index (κ3) is 5.40. The van der Waals surface area contributed by atoms with Crippen molar-refractivity contribution in [1.29, 1.82) is 0 Å². The lowest BCUT2D eigenvalue weighted by atomic mass is 10.2. The highest BCUT2D eigenvalue weighted by atomic mass is 16.3. The molecule has 0 aliphatic carbocycles. The Morgan fingerprint density at radius 1 is 1.15 bits per heavy atom. The number of hydrogen-bond donors (Lipinski definition) is 2. The van der Waals surface area contributed by atoms with Gasteiger partial charge in [0.2, 0.25) is 0 Å². The molecule has 110 valence electrons. The van der Waals surface area contributed by atoms with Gasteiger partial charge in [0, 0.05) is 25.9 Å². The molecule has 1 aromatic rings. The van der Waals surface area contributed by atoms with Gasteiger partial charge in [-0.3, -0.25) is 9.59 Å². The Kier molecular flexibility index (Phi) is 6.73. The zero-order valence-corrected chi connectivity index (χ0v) is 12.1. The Morgan fingerprint density at radius 2 is 1.80 bits per heavy atom. The molecule has 0 radical (unpaired) electrons. The van der Waals surface area contributed by atoms with Gasteiger partial charge in [-0.15, -0.1) is 0 Å². The molecule has 0 bridgehead atoms. The fourth-order valence-corrected chi connectivity index (χ4v) is 1.73. The molecule has 0 atom stereocenters. The van der Waals surface area contributed by atoms with E-state index in [0.29, 0.717) is 12.2 Å². The van der Waals surface area contributed by atoms with Crippen LogP contribution < -0.4 is 5.32 Å². The van der Waals surface area contributed by atoms with Crippen molar-refractivity contribution in [2.75, 3.05) is 25.5 Å². The number of likely N-dealkylation sites (N-methyl/N-ethyl adjacent to an activating group) is 1. The predicted molar refractivity (Wildman–Crippen MR) is 78.4 cm³/mol. The average Bonchev–Trinajstić information content (AvgIpc) is 2.45. The SMILES string of the molecule is Cc1ccc(NC(=O)C(=O)N(C)CCCCCO)cc1. The number of aliphatic hydroxyl groups is 1. The highest BCUT2D eigenvalue weighted by molar-refractivity contribution is 6.39. The van der Waals surface area contributed by atoms with E-state index in [9.17, 15) is 9.59 Å². The average molecular weight is 278 g/mol. The summed E-state index contributed by atoms with van der Waals surface area (Å²) in [5.74, 6) is -1.17. The highest BCUT2D eigenvalue weighted by Crippen LogP contribution is 2.08. The van der Waals surface area contributed by atoms with Gasteiger partial charge in [0.15, 0.2) is 0 Å². The normalized spacial score (nSPS) is 10.2. The molecule has 2 N–H and O–H groups in total. The van der Waals surface area contributed by atoms with Gasteiger partial charge in [-0.05, 0) is 38.3 Å². The molecule has 0 heterocycles. The van der Waals surface area contributed by atoms with Gasteiger partial charge in [-0.2, -0.15) is 0 Å². The van der Waals surface area contributed by atoms with Crippen LogP contribution in [-0.2, 0) is 9.59 Å². The number of hydrogen-bond acceptors (Lipinski definition) is 3. The molecule has 0 aliphatic rings. The lowest BCUT2D eigenvalue weighted by molar-refractivity contribution is -0.142. The Hall–Kier alpha value is -1.88. The monoisotopic (exact) mass is 278 g/mol. The minimum atomic E-state index is -0.626. The van der Waals surface area contributed by atoms with Crippen molar-refractivity contribution in [3.8, 4) is 0 Å². The Balaban J connectivity index is 2.41. The van der Waals surface area contributed by atoms with Crippen LogP contribution in [0.15, 0.2) is 24.3 Å². The van der Waals surface area contributed by atoms with Crippen molar-refractivity contribution in [1.82, 2.24) is 4.90 Å². The van der Waals surface area contributed by atoms with Crippen LogP contribution in [0.25, 0.3) is 0 Å². The molecule has 5 heteroatoms. The second kappa shape index (κ2) is 8.32. The van der Waals surface area contributed by atoms with Crippen LogP contribution in [0, 0.1) is 6.92 Å². The van der Waals surface area contributed by atoms with Crippen LogP contribution in [-0.4, -0.2) is 42.0 Å². The van der Waals surface area contributed by atoms with E-state index in [-0.39, 0.29) is 6.61 Å². The molecule has 0 saturated carbocycles. The summed E-state index contributed by atoms with van der Waals surface area (Å²) in [5, 5.41) is 11.2. The van der Waals surface area contributed by atoms with Gasteiger partial charge in [0.1, 0.15) is 0 Å². The summed E-state index contributed by atoms with van der Waals surface area (Å²) in [4.78, 5) is 25.0. The van der Waals surface area contributed by atoms with Gasteiger partial charge in [0.05, 0.1) is 0 Å². The largest absolute Gasteiger partial charge is 0.396 e. The standard InChI is InChI=1S/C15H22N2O3/c1-12-6-8-13(9-7-12)16-14(19)15(20)17(2)10-4-3-5-11-18/h6-9,18H,3-5,10-11H2,1-2H3,(H,16,19). The third-order valence-corrected chi connectivity index (χ3v) is 3.00. The van der Waals surface area contributed by atoms with Crippen LogP contribution in [0.3, 0.4) is 0 Å². The Labute approximate surface area is 119 Å². The van der Waals surface area contributed by atoms with Crippen molar-refractivity contribution in [2.45, 2.75) is 26.2 Å². The summed E-state index contributed by atoms with van der Waals surface area (Å²) < 4.78 is 0. The Morgan fingerprint density at radius 3 is 2.40 bits per heavy atom. The maximum atomic E-state index is 11.8. The van der Waals surface area contributed by atoms with Crippen LogP contribution >= 0.6 is 0 Å². The molecule has 5 nitrogen and oxygen atoms in total. The van der Waals surface area contributed by atoms with E-state index in [1.54, 1.807) is 19.2 Å². The molecule has 0 aromatic heterocycles. The minimum Gasteiger partial charge on any atom is -0.396 e. The van der Waals surface area contributed by atoms with Gasteiger partial charge in [-0.25, -0.2) is 0 Å². The second-order valence-corrected chi connectivity index (χ2v) is 4.83. The molecule has 1 aromatic carbocycles. The van der Waals surface area contributed by atoms with E-state index < -0.39 is 11.8 Å². The van der Waals surface area contributed by atoms with Gasteiger partial charge in [-0.1, -0.05) is 17.7 Å². The number of nitrogens with one attached hydrogen (secondary N) is 1. The molecule has 0 fully saturated rings. The first kappa shape index (κ1) is 16.2. The van der Waals surface area contributed by atoms with Gasteiger partial charge in [0.25, 0.3) is 0 Å². The zero-order chi connectivity index (χ0) is 15.0. The number of nitrogens with zero attached hydrogens (tertiary/aromatic N) is 1. The van der Waals surface area contributed by atoms with E-state index in [2.05, 4.69) is 5.32 Å². The van der Waals surface area contributed by atoms with E-state index in [0.717, 1.165) is 24.8 Å². The number of unbranched alkanes of at least 4 members (excludes halogenated alkanes) is 2. The molecular weight excluding hydrogens is 256 g/mol. The predicted octanol–water partition coefficient (Wildman–Crippen LogP) is 1.55. The summed E-state index contributed by atoms with van der Waals surface area (Å²) in [6, 6.07) is 7.28. The summed E-state index contributed by atoms with van der Waals surface area (Å²) in [5.41, 5.74) is 1.71. The molecule has 0 aliphatic heterocycles. The number of rotatable bonds is 6. The van der Waals surface area contributed by atoms with Crippen LogP contribution in [0.5, 0.6) is 0 Å². The van der Waals surface area contributed by atoms with Crippen molar-refractivity contribution >= 4 is 17.5 Å². The maximum Gasteiger partial charge on any atom is 0.313 e. The number of aliphatic hydroxyl groups excluding tert-OH is 1. The van der Waals surface area contributed by atoms with Crippen molar-refractivity contribution < 1.29 is 14.7 Å². The summed E-state index contributed by atoms with van der Waals surface area (Å²) >= 11 is 0. The lowest BCUT2D eigenvalue weighted by Crippen LogP contribution is -2.37. The topological polar surface area (TPSA) is 69.6 Å². The smallest absolute Gasteiger partial charge is 0.313 e. The molecule has 0 unspecified atom stereocenters. The summed E-state index contributed by atoms with van der Waals surface area (Å²) in [6.45, 7) is 2.63. The minimum absolute atomic E-state index is 0.158. The number of anilines is 1. The number of aryl methyl sites for hydroxylation is 1. The zero-order valence-electron chi connectivity index (χ0n) is 12.1. The van der Waals surface area contributed by atoms with Crippen LogP contribution in [0.4, 0.5) is 5.69 Å². The fraction of sp³-hybridized carbons (Fsp3) is 0.467. The van der Waals surface area contributed by atoms with Crippen molar-refractivity contribution in [3.05, 3.63) is 29.8 Å². The number of amides is 2. The van der Waals surface area contributed by atoms with E-state index in [1.807, 2.05) is 19.1 Å². The summed E-state index contributed by atoms with van der Waals surface area (Å²) in [7, 11) is 1.61. The Bertz CT molecular complexity index is 443. The van der Waals surface area contributed by atoms with E-state index in [4.69, 9.17) is 5.11 Å². The van der Waals surface area contributed by atoms with Crippen LogP contribution in [0.1, 0.15) is 24.8 Å².